The Bertz CT molecular complexity index is 2090. The van der Waals surface area contributed by atoms with Gasteiger partial charge in [0.05, 0.1) is 24.8 Å². The number of carbonyl (C=O) groups excluding carboxylic acids is 2. The van der Waals surface area contributed by atoms with Crippen molar-refractivity contribution in [3.8, 4) is 0 Å². The molecule has 0 bridgehead atoms. The van der Waals surface area contributed by atoms with Crippen LogP contribution in [-0.2, 0) is 19.8 Å². The fraction of sp³-hybridized carbons (Fsp3) is 0.0976. The van der Waals surface area contributed by atoms with Crippen molar-refractivity contribution in [1.29, 1.82) is 0 Å². The Balaban J connectivity index is 1.43. The van der Waals surface area contributed by atoms with E-state index in [1.54, 1.807) is 30.3 Å². The van der Waals surface area contributed by atoms with Gasteiger partial charge in [-0.15, -0.1) is 0 Å². The Labute approximate surface area is 277 Å². The minimum atomic E-state index is -1.10. The van der Waals surface area contributed by atoms with Gasteiger partial charge in [-0.2, -0.15) is 0 Å². The molecule has 0 aliphatic heterocycles. The highest BCUT2D eigenvalue weighted by molar-refractivity contribution is 6.09. The molecule has 0 spiro atoms. The number of H-pyrrole nitrogens is 1. The molecule has 0 saturated carbocycles. The van der Waals surface area contributed by atoms with Crippen LogP contribution in [0.3, 0.4) is 0 Å². The molecule has 236 valence electrons. The molecule has 7 aromatic rings. The van der Waals surface area contributed by atoms with E-state index in [1.165, 1.54) is 7.11 Å². The number of aromatic nitrogens is 2. The van der Waals surface area contributed by atoms with Crippen molar-refractivity contribution < 1.29 is 23.8 Å². The van der Waals surface area contributed by atoms with E-state index >= 15 is 0 Å². The monoisotopic (exact) mass is 632 g/mol. The molecule has 2 heterocycles. The Hall–Kier alpha value is -6.05. The quantitative estimate of drug-likeness (QED) is 0.120. The number of para-hydroxylation sites is 1. The molecule has 5 aromatic carbocycles. The smallest absolute Gasteiger partial charge is 0.356 e. The highest BCUT2D eigenvalue weighted by Crippen LogP contribution is 2.42. The van der Waals surface area contributed by atoms with Crippen LogP contribution < -0.4 is 0 Å². The summed E-state index contributed by atoms with van der Waals surface area (Å²) in [6.07, 6.45) is -1.05. The first-order chi connectivity index (χ1) is 23.6. The molecule has 48 heavy (non-hydrogen) atoms. The first-order valence-electron chi connectivity index (χ1n) is 15.6. The van der Waals surface area contributed by atoms with Gasteiger partial charge < -0.3 is 19.2 Å². The number of nitrogens with zero attached hydrogens (tertiary/aromatic N) is 1. The van der Waals surface area contributed by atoms with Crippen molar-refractivity contribution in [2.24, 2.45) is 0 Å². The van der Waals surface area contributed by atoms with Crippen LogP contribution in [0.25, 0.3) is 21.8 Å². The SMILES string of the molecule is COC(=O)c1cc2c([nH]c3ccccc32)c([C@H](COC(c2ccccc2)(c2ccccc2)c2ccccc2)OC(=O)c2ccccc2)n1. The molecule has 0 amide bonds. The van der Waals surface area contributed by atoms with E-state index in [0.29, 0.717) is 16.8 Å². The molecule has 0 aliphatic carbocycles. The number of hydrogen-bond donors (Lipinski definition) is 1. The summed E-state index contributed by atoms with van der Waals surface area (Å²) in [5.41, 5.74) is 3.86. The standard InChI is InChI=1S/C41H32N2O5/c1-46-40(45)35-26-33-32-24-14-15-25-34(32)42-37(33)38(43-35)36(48-39(44)28-16-6-2-7-17-28)27-47-41(29-18-8-3-9-19-29,30-20-10-4-11-21-30)31-22-12-5-13-23-31/h2-26,36,42H,27H2,1H3/t36-/m0/s1. The summed E-state index contributed by atoms with van der Waals surface area (Å²) in [5, 5.41) is 1.64. The topological polar surface area (TPSA) is 90.5 Å². The number of ether oxygens (including phenoxy) is 3. The molecule has 0 radical (unpaired) electrons. The van der Waals surface area contributed by atoms with Crippen LogP contribution in [0.15, 0.2) is 152 Å². The number of methoxy groups -OCH3 is 1. The third-order valence-corrected chi connectivity index (χ3v) is 8.47. The van der Waals surface area contributed by atoms with Gasteiger partial charge in [-0.3, -0.25) is 0 Å². The summed E-state index contributed by atoms with van der Waals surface area (Å²) in [6.45, 7) is -0.112. The summed E-state index contributed by atoms with van der Waals surface area (Å²) < 4.78 is 18.5. The predicted molar refractivity (Wildman–Crippen MR) is 185 cm³/mol. The van der Waals surface area contributed by atoms with Gasteiger partial charge in [0.1, 0.15) is 17.0 Å². The lowest BCUT2D eigenvalue weighted by Crippen LogP contribution is -2.35. The zero-order chi connectivity index (χ0) is 32.9. The van der Waals surface area contributed by atoms with Crippen molar-refractivity contribution in [3.05, 3.63) is 185 Å². The van der Waals surface area contributed by atoms with Crippen LogP contribution in [0.4, 0.5) is 0 Å². The molecule has 0 fully saturated rings. The Morgan fingerprint density at radius 3 is 1.75 bits per heavy atom. The first kappa shape index (κ1) is 30.6. The van der Waals surface area contributed by atoms with Gasteiger partial charge in [0, 0.05) is 16.3 Å². The zero-order valence-electron chi connectivity index (χ0n) is 26.2. The number of carbonyl (C=O) groups is 2. The number of aromatic amines is 1. The van der Waals surface area contributed by atoms with Gasteiger partial charge in [-0.1, -0.05) is 127 Å². The van der Waals surface area contributed by atoms with E-state index < -0.39 is 23.6 Å². The molecule has 7 heteroatoms. The molecule has 0 aliphatic rings. The Kier molecular flexibility index (Phi) is 8.51. The maximum absolute atomic E-state index is 13.7. The van der Waals surface area contributed by atoms with Crippen molar-refractivity contribution in [2.75, 3.05) is 13.7 Å². The van der Waals surface area contributed by atoms with E-state index in [9.17, 15) is 9.59 Å². The summed E-state index contributed by atoms with van der Waals surface area (Å²) >= 11 is 0. The maximum atomic E-state index is 13.7. The molecule has 1 N–H and O–H groups in total. The van der Waals surface area contributed by atoms with Gasteiger partial charge in [0.25, 0.3) is 0 Å². The summed E-state index contributed by atoms with van der Waals surface area (Å²) in [6, 6.07) is 48.1. The van der Waals surface area contributed by atoms with Gasteiger partial charge >= 0.3 is 11.9 Å². The normalized spacial score (nSPS) is 12.1. The average Bonchev–Trinajstić information content (AvgIpc) is 3.54. The van der Waals surface area contributed by atoms with Crippen molar-refractivity contribution in [3.63, 3.8) is 0 Å². The molecular weight excluding hydrogens is 600 g/mol. The van der Waals surface area contributed by atoms with Crippen LogP contribution in [0.2, 0.25) is 0 Å². The van der Waals surface area contributed by atoms with E-state index in [1.807, 2.05) is 121 Å². The number of nitrogens with one attached hydrogen (secondary N) is 1. The van der Waals surface area contributed by atoms with Crippen LogP contribution in [0.1, 0.15) is 49.3 Å². The summed E-state index contributed by atoms with van der Waals surface area (Å²) in [5.74, 6) is -1.16. The third-order valence-electron chi connectivity index (χ3n) is 8.47. The lowest BCUT2D eigenvalue weighted by atomic mass is 9.80. The number of esters is 2. The van der Waals surface area contributed by atoms with Crippen LogP contribution in [0.5, 0.6) is 0 Å². The largest absolute Gasteiger partial charge is 0.464 e. The molecule has 0 saturated heterocycles. The maximum Gasteiger partial charge on any atom is 0.356 e. The van der Waals surface area contributed by atoms with Crippen molar-refractivity contribution in [1.82, 2.24) is 9.97 Å². The fourth-order valence-corrected chi connectivity index (χ4v) is 6.22. The number of hydrogen-bond acceptors (Lipinski definition) is 6. The van der Waals surface area contributed by atoms with Gasteiger partial charge in [0.15, 0.2) is 6.10 Å². The summed E-state index contributed by atoms with van der Waals surface area (Å²) in [4.78, 5) is 34.9. The number of rotatable bonds is 10. The minimum Gasteiger partial charge on any atom is -0.464 e. The second kappa shape index (κ2) is 13.4. The third kappa shape index (κ3) is 5.72. The first-order valence-corrected chi connectivity index (χ1v) is 15.6. The highest BCUT2D eigenvalue weighted by atomic mass is 16.6. The zero-order valence-corrected chi connectivity index (χ0v) is 26.2. The number of benzene rings is 5. The van der Waals surface area contributed by atoms with Crippen molar-refractivity contribution in [2.45, 2.75) is 11.7 Å². The lowest BCUT2D eigenvalue weighted by molar-refractivity contribution is -0.0516. The Morgan fingerprint density at radius 2 is 1.19 bits per heavy atom. The van der Waals surface area contributed by atoms with E-state index in [-0.39, 0.29) is 12.3 Å². The molecule has 7 rings (SSSR count). The lowest BCUT2D eigenvalue weighted by Gasteiger charge is -2.37. The van der Waals surface area contributed by atoms with Gasteiger partial charge in [-0.25, -0.2) is 14.6 Å². The van der Waals surface area contributed by atoms with E-state index in [2.05, 4.69) is 4.98 Å². The van der Waals surface area contributed by atoms with Crippen LogP contribution in [0, 0.1) is 0 Å². The molecular formula is C41H32N2O5. The number of fused-ring (bicyclic) bond motifs is 3. The van der Waals surface area contributed by atoms with Crippen molar-refractivity contribution >= 4 is 33.7 Å². The minimum absolute atomic E-state index is 0.0888. The van der Waals surface area contributed by atoms with Gasteiger partial charge in [-0.05, 0) is 41.0 Å². The molecule has 0 unspecified atom stereocenters. The highest BCUT2D eigenvalue weighted by Gasteiger charge is 2.39. The van der Waals surface area contributed by atoms with Gasteiger partial charge in [0.2, 0.25) is 0 Å². The molecule has 1 atom stereocenters. The predicted octanol–water partition coefficient (Wildman–Crippen LogP) is 8.41. The number of pyridine rings is 1. The summed E-state index contributed by atoms with van der Waals surface area (Å²) in [7, 11) is 1.31. The second-order valence-corrected chi connectivity index (χ2v) is 11.3. The van der Waals surface area contributed by atoms with E-state index in [4.69, 9.17) is 19.2 Å². The molecule has 7 nitrogen and oxygen atoms in total. The fourth-order valence-electron chi connectivity index (χ4n) is 6.22. The van der Waals surface area contributed by atoms with Crippen LogP contribution in [-0.4, -0.2) is 35.6 Å². The second-order valence-electron chi connectivity index (χ2n) is 11.3. The van der Waals surface area contributed by atoms with Crippen LogP contribution >= 0.6 is 0 Å². The Morgan fingerprint density at radius 1 is 0.667 bits per heavy atom. The van der Waals surface area contributed by atoms with E-state index in [0.717, 1.165) is 33.0 Å². The molecule has 2 aromatic heterocycles. The average molecular weight is 633 g/mol.